The topological polar surface area (TPSA) is 77.0 Å². The number of nitrogens with zero attached hydrogens (tertiary/aromatic N) is 1. The van der Waals surface area contributed by atoms with E-state index in [4.69, 9.17) is 32.7 Å². The zero-order chi connectivity index (χ0) is 22.9. The molecule has 0 aromatic heterocycles. The summed E-state index contributed by atoms with van der Waals surface area (Å²) in [4.78, 5) is 24.4. The zero-order valence-corrected chi connectivity index (χ0v) is 18.3. The maximum Gasteiger partial charge on any atom is 0.345 e. The largest absolute Gasteiger partial charge is 0.490 e. The van der Waals surface area contributed by atoms with Gasteiger partial charge < -0.3 is 9.47 Å². The van der Waals surface area contributed by atoms with Crippen LogP contribution >= 0.6 is 23.2 Å². The molecule has 0 aliphatic rings. The van der Waals surface area contributed by atoms with Crippen LogP contribution in [0.2, 0.25) is 10.0 Å². The van der Waals surface area contributed by atoms with Gasteiger partial charge in [-0.2, -0.15) is 5.10 Å². The summed E-state index contributed by atoms with van der Waals surface area (Å²) in [5, 5.41) is 4.58. The molecule has 0 unspecified atom stereocenters. The Morgan fingerprint density at radius 2 is 1.66 bits per heavy atom. The maximum atomic E-state index is 12.2. The van der Waals surface area contributed by atoms with Gasteiger partial charge in [0.15, 0.2) is 0 Å². The lowest BCUT2D eigenvalue weighted by Crippen LogP contribution is -2.17. The van der Waals surface area contributed by atoms with Crippen molar-refractivity contribution in [2.75, 3.05) is 6.61 Å². The van der Waals surface area contributed by atoms with Crippen LogP contribution < -0.4 is 14.9 Å². The predicted molar refractivity (Wildman–Crippen MR) is 125 cm³/mol. The molecule has 0 aliphatic carbocycles. The van der Waals surface area contributed by atoms with Crippen LogP contribution in [-0.2, 0) is 0 Å². The highest BCUT2D eigenvalue weighted by Gasteiger charge is 2.13. The number of hydrogen-bond acceptors (Lipinski definition) is 5. The Labute approximate surface area is 195 Å². The number of hydrogen-bond donors (Lipinski definition) is 1. The van der Waals surface area contributed by atoms with Crippen molar-refractivity contribution in [1.29, 1.82) is 0 Å². The Bertz CT molecular complexity index is 1140. The molecule has 3 rings (SSSR count). The number of amides is 1. The Morgan fingerprint density at radius 1 is 0.969 bits per heavy atom. The molecule has 8 heteroatoms. The van der Waals surface area contributed by atoms with Crippen molar-refractivity contribution in [1.82, 2.24) is 5.43 Å². The third-order valence-electron chi connectivity index (χ3n) is 4.11. The number of halogens is 2. The van der Waals surface area contributed by atoms with Crippen LogP contribution in [0.25, 0.3) is 0 Å². The van der Waals surface area contributed by atoms with Gasteiger partial charge in [0.1, 0.15) is 18.1 Å². The zero-order valence-electron chi connectivity index (χ0n) is 16.8. The van der Waals surface area contributed by atoms with Gasteiger partial charge in [0.05, 0.1) is 16.8 Å². The number of carbonyl (C=O) groups excluding carboxylic acids is 2. The Kier molecular flexibility index (Phi) is 8.02. The first-order chi connectivity index (χ1) is 15.5. The molecule has 0 atom stereocenters. The monoisotopic (exact) mass is 468 g/mol. The van der Waals surface area contributed by atoms with E-state index in [2.05, 4.69) is 17.1 Å². The van der Waals surface area contributed by atoms with Gasteiger partial charge in [0.2, 0.25) is 0 Å². The second-order valence-electron chi connectivity index (χ2n) is 6.41. The van der Waals surface area contributed by atoms with Crippen LogP contribution in [0.3, 0.4) is 0 Å². The third kappa shape index (κ3) is 6.44. The molecular weight excluding hydrogens is 451 g/mol. The minimum atomic E-state index is -0.596. The minimum absolute atomic E-state index is 0.209. The van der Waals surface area contributed by atoms with Crippen molar-refractivity contribution in [2.24, 2.45) is 5.10 Å². The SMILES string of the molecule is C=CCOc1ccc(C(=O)NN=Cc2ccc(OC(=O)c3ccc(Cl)cc3Cl)cc2)cc1. The molecule has 3 aromatic carbocycles. The van der Waals surface area contributed by atoms with Crippen LogP contribution in [0.15, 0.2) is 84.5 Å². The van der Waals surface area contributed by atoms with Crippen molar-refractivity contribution in [2.45, 2.75) is 0 Å². The van der Waals surface area contributed by atoms with Gasteiger partial charge in [0.25, 0.3) is 5.91 Å². The number of rotatable bonds is 8. The number of ether oxygens (including phenoxy) is 2. The molecule has 0 heterocycles. The molecule has 162 valence electrons. The molecular formula is C24H18Cl2N2O4. The summed E-state index contributed by atoms with van der Waals surface area (Å²) in [6.07, 6.45) is 3.11. The lowest BCUT2D eigenvalue weighted by Gasteiger charge is -2.06. The van der Waals surface area contributed by atoms with E-state index in [9.17, 15) is 9.59 Å². The fourth-order valence-electron chi connectivity index (χ4n) is 2.53. The van der Waals surface area contributed by atoms with Crippen molar-refractivity contribution in [3.8, 4) is 11.5 Å². The minimum Gasteiger partial charge on any atom is -0.490 e. The fourth-order valence-corrected chi connectivity index (χ4v) is 3.01. The van der Waals surface area contributed by atoms with E-state index in [0.717, 1.165) is 0 Å². The summed E-state index contributed by atoms with van der Waals surface area (Å²) in [5.74, 6) is 0.0215. The van der Waals surface area contributed by atoms with E-state index in [1.807, 2.05) is 0 Å². The second-order valence-corrected chi connectivity index (χ2v) is 7.25. The quantitative estimate of drug-likeness (QED) is 0.155. The normalized spacial score (nSPS) is 10.6. The van der Waals surface area contributed by atoms with Crippen LogP contribution in [-0.4, -0.2) is 24.7 Å². The van der Waals surface area contributed by atoms with Crippen molar-refractivity contribution in [3.05, 3.63) is 106 Å². The molecule has 1 amide bonds. The average molecular weight is 469 g/mol. The highest BCUT2D eigenvalue weighted by molar-refractivity contribution is 6.36. The van der Waals surface area contributed by atoms with E-state index in [1.165, 1.54) is 18.3 Å². The number of esters is 1. The lowest BCUT2D eigenvalue weighted by atomic mass is 10.2. The smallest absolute Gasteiger partial charge is 0.345 e. The van der Waals surface area contributed by atoms with Crippen molar-refractivity contribution in [3.63, 3.8) is 0 Å². The number of benzene rings is 3. The summed E-state index contributed by atoms with van der Waals surface area (Å²) in [7, 11) is 0. The highest BCUT2D eigenvalue weighted by atomic mass is 35.5. The molecule has 0 aliphatic heterocycles. The summed E-state index contributed by atoms with van der Waals surface area (Å²) < 4.78 is 10.7. The van der Waals surface area contributed by atoms with E-state index in [-0.39, 0.29) is 16.5 Å². The van der Waals surface area contributed by atoms with Gasteiger partial charge >= 0.3 is 5.97 Å². The van der Waals surface area contributed by atoms with E-state index in [0.29, 0.717) is 34.3 Å². The molecule has 0 saturated carbocycles. The molecule has 0 radical (unpaired) electrons. The van der Waals surface area contributed by atoms with Gasteiger partial charge in [-0.1, -0.05) is 35.9 Å². The lowest BCUT2D eigenvalue weighted by molar-refractivity contribution is 0.0734. The van der Waals surface area contributed by atoms with Crippen LogP contribution in [0.5, 0.6) is 11.5 Å². The highest BCUT2D eigenvalue weighted by Crippen LogP contribution is 2.23. The Hall–Kier alpha value is -3.61. The molecule has 0 saturated heterocycles. The van der Waals surface area contributed by atoms with E-state index >= 15 is 0 Å². The molecule has 0 spiro atoms. The molecule has 6 nitrogen and oxygen atoms in total. The van der Waals surface area contributed by atoms with Gasteiger partial charge in [-0.25, -0.2) is 10.2 Å². The van der Waals surface area contributed by atoms with Gasteiger partial charge in [-0.05, 0) is 72.3 Å². The average Bonchev–Trinajstić information content (AvgIpc) is 2.79. The molecule has 3 aromatic rings. The summed E-state index contributed by atoms with van der Waals surface area (Å²) in [6, 6.07) is 17.8. The fraction of sp³-hybridized carbons (Fsp3) is 0.0417. The van der Waals surface area contributed by atoms with E-state index in [1.54, 1.807) is 60.7 Å². The molecule has 0 fully saturated rings. The summed E-state index contributed by atoms with van der Waals surface area (Å²) in [6.45, 7) is 3.97. The maximum absolute atomic E-state index is 12.2. The van der Waals surface area contributed by atoms with Gasteiger partial charge in [-0.15, -0.1) is 0 Å². The third-order valence-corrected chi connectivity index (χ3v) is 4.65. The summed E-state index contributed by atoms with van der Waals surface area (Å²) in [5.41, 5.74) is 3.80. The predicted octanol–water partition coefficient (Wildman–Crippen LogP) is 5.54. The first kappa shape index (κ1) is 23.1. The summed E-state index contributed by atoms with van der Waals surface area (Å²) >= 11 is 11.9. The van der Waals surface area contributed by atoms with Crippen LogP contribution in [0, 0.1) is 0 Å². The van der Waals surface area contributed by atoms with Crippen LogP contribution in [0.4, 0.5) is 0 Å². The first-order valence-corrected chi connectivity index (χ1v) is 10.2. The van der Waals surface area contributed by atoms with E-state index < -0.39 is 5.97 Å². The Morgan fingerprint density at radius 3 is 2.31 bits per heavy atom. The first-order valence-electron chi connectivity index (χ1n) is 9.41. The number of hydrazone groups is 1. The number of carbonyl (C=O) groups is 2. The van der Waals surface area contributed by atoms with Crippen molar-refractivity contribution >= 4 is 41.3 Å². The molecule has 32 heavy (non-hydrogen) atoms. The van der Waals surface area contributed by atoms with Crippen molar-refractivity contribution < 1.29 is 19.1 Å². The Balaban J connectivity index is 1.54. The van der Waals surface area contributed by atoms with Crippen LogP contribution in [0.1, 0.15) is 26.3 Å². The molecule has 0 bridgehead atoms. The van der Waals surface area contributed by atoms with Gasteiger partial charge in [0, 0.05) is 10.6 Å². The number of nitrogens with one attached hydrogen (secondary N) is 1. The second kappa shape index (κ2) is 11.1. The van der Waals surface area contributed by atoms with Gasteiger partial charge in [-0.3, -0.25) is 4.79 Å². The standard InChI is InChI=1S/C24H18Cl2N2O4/c1-2-13-31-19-10-5-17(6-11-19)23(29)28-27-15-16-3-8-20(9-4-16)32-24(30)21-12-7-18(25)14-22(21)26/h2-12,14-15H,1,13H2,(H,28,29). The molecule has 1 N–H and O–H groups in total.